The molecule has 0 aromatic rings. The summed E-state index contributed by atoms with van der Waals surface area (Å²) in [6.07, 6.45) is 8.21. The monoisotopic (exact) mass is 157 g/mol. The molecule has 11 heavy (non-hydrogen) atoms. The molecule has 1 N–H and O–H groups in total. The Labute approximate surface area is 71.6 Å². The van der Waals surface area contributed by atoms with Crippen LogP contribution in [0.4, 0.5) is 0 Å². The van der Waals surface area contributed by atoms with Gasteiger partial charge in [0.25, 0.3) is 0 Å². The van der Waals surface area contributed by atoms with E-state index in [1.165, 1.54) is 51.6 Å². The van der Waals surface area contributed by atoms with E-state index in [-0.39, 0.29) is 0 Å². The normalized spacial score (nSPS) is 10.4. The van der Waals surface area contributed by atoms with Gasteiger partial charge < -0.3 is 5.32 Å². The molecular formula is C10H23N. The Morgan fingerprint density at radius 2 is 1.45 bits per heavy atom. The van der Waals surface area contributed by atoms with Gasteiger partial charge in [-0.1, -0.05) is 39.5 Å². The minimum Gasteiger partial charge on any atom is -0.317 e. The maximum Gasteiger partial charge on any atom is -0.00489 e. The molecule has 0 atom stereocenters. The molecule has 0 aliphatic heterocycles. The molecule has 0 heterocycles. The minimum atomic E-state index is 1.19. The number of hydrogen-bond acceptors (Lipinski definition) is 1. The summed E-state index contributed by atoms with van der Waals surface area (Å²) in [5.41, 5.74) is 0. The average molecular weight is 157 g/mol. The highest BCUT2D eigenvalue weighted by molar-refractivity contribution is 4.47. The van der Waals surface area contributed by atoms with Crippen LogP contribution >= 0.6 is 0 Å². The zero-order valence-electron chi connectivity index (χ0n) is 8.16. The van der Waals surface area contributed by atoms with E-state index in [2.05, 4.69) is 19.2 Å². The third-order valence-electron chi connectivity index (χ3n) is 1.88. The van der Waals surface area contributed by atoms with Crippen molar-refractivity contribution >= 4 is 0 Å². The second-order valence-corrected chi connectivity index (χ2v) is 3.16. The van der Waals surface area contributed by atoms with Gasteiger partial charge in [0, 0.05) is 0 Å². The zero-order valence-corrected chi connectivity index (χ0v) is 8.16. The van der Waals surface area contributed by atoms with Crippen LogP contribution in [-0.2, 0) is 0 Å². The van der Waals surface area contributed by atoms with Gasteiger partial charge in [0.2, 0.25) is 0 Å². The van der Waals surface area contributed by atoms with Crippen LogP contribution in [-0.4, -0.2) is 13.1 Å². The summed E-state index contributed by atoms with van der Waals surface area (Å²) in [6.45, 7) is 6.88. The first-order chi connectivity index (χ1) is 5.41. The maximum atomic E-state index is 3.41. The molecule has 0 rings (SSSR count). The second kappa shape index (κ2) is 9.96. The molecule has 0 spiro atoms. The minimum absolute atomic E-state index is 1.19. The first kappa shape index (κ1) is 11.0. The molecule has 1 nitrogen and oxygen atoms in total. The summed E-state index contributed by atoms with van der Waals surface area (Å²) >= 11 is 0. The Hall–Kier alpha value is -0.0400. The number of rotatable bonds is 8. The standard InChI is InChI=1S/C10H23N/c1-3-5-6-7-8-10-11-9-4-2/h11H,3-10H2,1-2H3. The summed E-state index contributed by atoms with van der Waals surface area (Å²) in [7, 11) is 0. The molecule has 0 unspecified atom stereocenters. The van der Waals surface area contributed by atoms with E-state index < -0.39 is 0 Å². The quantitative estimate of drug-likeness (QED) is 0.534. The van der Waals surface area contributed by atoms with Gasteiger partial charge in [0.15, 0.2) is 0 Å². The van der Waals surface area contributed by atoms with Gasteiger partial charge in [-0.2, -0.15) is 0 Å². The number of unbranched alkanes of at least 4 members (excludes halogenated alkanes) is 4. The molecule has 0 aromatic carbocycles. The molecule has 0 saturated heterocycles. The lowest BCUT2D eigenvalue weighted by molar-refractivity contribution is 0.581. The summed E-state index contributed by atoms with van der Waals surface area (Å²) < 4.78 is 0. The number of nitrogens with one attached hydrogen (secondary N) is 1. The predicted molar refractivity (Wildman–Crippen MR) is 51.9 cm³/mol. The summed E-state index contributed by atoms with van der Waals surface area (Å²) in [5, 5.41) is 3.41. The number of hydrogen-bond donors (Lipinski definition) is 1. The van der Waals surface area contributed by atoms with Crippen molar-refractivity contribution < 1.29 is 0 Å². The Balaban J connectivity index is 2.69. The Morgan fingerprint density at radius 1 is 0.727 bits per heavy atom. The first-order valence-electron chi connectivity index (χ1n) is 5.12. The smallest absolute Gasteiger partial charge is 0.00489 e. The van der Waals surface area contributed by atoms with Crippen LogP contribution in [0.25, 0.3) is 0 Å². The van der Waals surface area contributed by atoms with Gasteiger partial charge in [0.05, 0.1) is 0 Å². The third-order valence-corrected chi connectivity index (χ3v) is 1.88. The van der Waals surface area contributed by atoms with Crippen LogP contribution < -0.4 is 5.32 Å². The first-order valence-corrected chi connectivity index (χ1v) is 5.12. The summed E-state index contributed by atoms with van der Waals surface area (Å²) in [5.74, 6) is 0. The Bertz CT molecular complexity index is 53.9. The Morgan fingerprint density at radius 3 is 2.09 bits per heavy atom. The largest absolute Gasteiger partial charge is 0.317 e. The lowest BCUT2D eigenvalue weighted by Gasteiger charge is -2.01. The van der Waals surface area contributed by atoms with Crippen molar-refractivity contribution in [3.05, 3.63) is 0 Å². The van der Waals surface area contributed by atoms with Crippen LogP contribution in [0, 0.1) is 0 Å². The molecular weight excluding hydrogens is 134 g/mol. The highest BCUT2D eigenvalue weighted by atomic mass is 14.8. The van der Waals surface area contributed by atoms with Gasteiger partial charge in [0.1, 0.15) is 0 Å². The second-order valence-electron chi connectivity index (χ2n) is 3.16. The lowest BCUT2D eigenvalue weighted by Crippen LogP contribution is -2.15. The highest BCUT2D eigenvalue weighted by Crippen LogP contribution is 2.00. The van der Waals surface area contributed by atoms with Crippen LogP contribution in [0.2, 0.25) is 0 Å². The zero-order chi connectivity index (χ0) is 8.36. The Kier molecular flexibility index (Phi) is 9.92. The van der Waals surface area contributed by atoms with Crippen molar-refractivity contribution in [2.45, 2.75) is 52.4 Å². The lowest BCUT2D eigenvalue weighted by atomic mass is 10.1. The van der Waals surface area contributed by atoms with E-state index in [9.17, 15) is 0 Å². The molecule has 0 saturated carbocycles. The van der Waals surface area contributed by atoms with E-state index in [1.54, 1.807) is 0 Å². The van der Waals surface area contributed by atoms with Gasteiger partial charge in [-0.05, 0) is 25.9 Å². The van der Waals surface area contributed by atoms with Crippen LogP contribution in [0.1, 0.15) is 52.4 Å². The van der Waals surface area contributed by atoms with Crippen molar-refractivity contribution in [3.8, 4) is 0 Å². The molecule has 68 valence electrons. The van der Waals surface area contributed by atoms with Crippen molar-refractivity contribution in [1.82, 2.24) is 5.32 Å². The van der Waals surface area contributed by atoms with E-state index in [1.807, 2.05) is 0 Å². The fraction of sp³-hybridized carbons (Fsp3) is 1.00. The van der Waals surface area contributed by atoms with Crippen molar-refractivity contribution in [1.29, 1.82) is 0 Å². The van der Waals surface area contributed by atoms with E-state index >= 15 is 0 Å². The molecule has 0 radical (unpaired) electrons. The van der Waals surface area contributed by atoms with Crippen molar-refractivity contribution in [3.63, 3.8) is 0 Å². The molecule has 0 fully saturated rings. The molecule has 0 aliphatic carbocycles. The van der Waals surface area contributed by atoms with Crippen LogP contribution in [0.15, 0.2) is 0 Å². The average Bonchev–Trinajstić information content (AvgIpc) is 2.03. The van der Waals surface area contributed by atoms with Crippen molar-refractivity contribution in [2.75, 3.05) is 13.1 Å². The van der Waals surface area contributed by atoms with Crippen LogP contribution in [0.3, 0.4) is 0 Å². The third kappa shape index (κ3) is 9.96. The molecule has 0 aromatic heterocycles. The van der Waals surface area contributed by atoms with Gasteiger partial charge in [-0.25, -0.2) is 0 Å². The summed E-state index contributed by atoms with van der Waals surface area (Å²) in [4.78, 5) is 0. The van der Waals surface area contributed by atoms with Gasteiger partial charge >= 0.3 is 0 Å². The van der Waals surface area contributed by atoms with Gasteiger partial charge in [-0.3, -0.25) is 0 Å². The van der Waals surface area contributed by atoms with Gasteiger partial charge in [-0.15, -0.1) is 0 Å². The molecule has 0 aliphatic rings. The van der Waals surface area contributed by atoms with Crippen molar-refractivity contribution in [2.24, 2.45) is 0 Å². The summed E-state index contributed by atoms with van der Waals surface area (Å²) in [6, 6.07) is 0. The highest BCUT2D eigenvalue weighted by Gasteiger charge is 1.87. The fourth-order valence-corrected chi connectivity index (χ4v) is 1.16. The maximum absolute atomic E-state index is 3.41. The predicted octanol–water partition coefficient (Wildman–Crippen LogP) is 2.96. The SMILES string of the molecule is CCCCCCCNCCC. The van der Waals surface area contributed by atoms with Crippen LogP contribution in [0.5, 0.6) is 0 Å². The van der Waals surface area contributed by atoms with E-state index in [4.69, 9.17) is 0 Å². The molecule has 0 bridgehead atoms. The van der Waals surface area contributed by atoms with E-state index in [0.717, 1.165) is 0 Å². The molecule has 1 heteroatoms. The fourth-order valence-electron chi connectivity index (χ4n) is 1.16. The molecule has 0 amide bonds. The topological polar surface area (TPSA) is 12.0 Å². The van der Waals surface area contributed by atoms with E-state index in [0.29, 0.717) is 0 Å².